The summed E-state index contributed by atoms with van der Waals surface area (Å²) in [5, 5.41) is 5.81. The highest BCUT2D eigenvalue weighted by Gasteiger charge is 2.10. The molecule has 5 nitrogen and oxygen atoms in total. The zero-order chi connectivity index (χ0) is 15.1. The largest absolute Gasteiger partial charge is 0.331 e. The van der Waals surface area contributed by atoms with Crippen LogP contribution < -0.4 is 21.6 Å². The maximum absolute atomic E-state index is 12.8. The monoisotopic (exact) mass is 327 g/mol. The molecule has 1 aliphatic rings. The predicted molar refractivity (Wildman–Crippen MR) is 90.0 cm³/mol. The Bertz CT molecular complexity index is 488. The van der Waals surface area contributed by atoms with Gasteiger partial charge in [-0.1, -0.05) is 6.42 Å². The Hall–Kier alpha value is -1.51. The number of thiocarbonyl (C=S) groups is 2. The average molecular weight is 327 g/mol. The molecule has 0 amide bonds. The molecule has 1 fully saturated rings. The van der Waals surface area contributed by atoms with Crippen LogP contribution in [0.1, 0.15) is 19.3 Å². The summed E-state index contributed by atoms with van der Waals surface area (Å²) in [5.74, 6) is -0.288. The van der Waals surface area contributed by atoms with E-state index in [1.54, 1.807) is 12.1 Å². The molecule has 0 saturated carbocycles. The number of hydrogen-bond acceptors (Lipinski definition) is 3. The normalized spacial score (nSPS) is 15.1. The van der Waals surface area contributed by atoms with Gasteiger partial charge < -0.3 is 5.32 Å². The number of hydrazine groups is 2. The zero-order valence-corrected chi connectivity index (χ0v) is 13.1. The Morgan fingerprint density at radius 1 is 0.952 bits per heavy atom. The second-order valence-corrected chi connectivity index (χ2v) is 5.52. The first-order valence-corrected chi connectivity index (χ1v) is 7.59. The number of nitrogens with zero attached hydrogens (tertiary/aromatic N) is 1. The number of halogens is 1. The summed E-state index contributed by atoms with van der Waals surface area (Å²) in [4.78, 5) is 0. The lowest BCUT2D eigenvalue weighted by atomic mass is 10.2. The minimum absolute atomic E-state index is 0.288. The van der Waals surface area contributed by atoms with E-state index in [-0.39, 0.29) is 5.82 Å². The standard InChI is InChI=1S/C13H18FN5S2/c14-10-4-6-11(7-5-10)15-12(20)16-17-13(21)18-19-8-2-1-3-9-19/h4-7H,1-3,8-9H2,(H2,15,16,20)(H2,17,18,21). The summed E-state index contributed by atoms with van der Waals surface area (Å²) < 4.78 is 12.8. The first-order valence-electron chi connectivity index (χ1n) is 6.77. The van der Waals surface area contributed by atoms with Gasteiger partial charge in [0.15, 0.2) is 10.2 Å². The van der Waals surface area contributed by atoms with Crippen molar-refractivity contribution >= 4 is 40.3 Å². The molecular formula is C13H18FN5S2. The molecular weight excluding hydrogens is 309 g/mol. The molecule has 4 N–H and O–H groups in total. The second-order valence-electron chi connectivity index (χ2n) is 4.70. The van der Waals surface area contributed by atoms with Crippen molar-refractivity contribution in [3.8, 4) is 0 Å². The minimum atomic E-state index is -0.288. The van der Waals surface area contributed by atoms with E-state index in [2.05, 4.69) is 26.6 Å². The van der Waals surface area contributed by atoms with E-state index < -0.39 is 0 Å². The molecule has 2 rings (SSSR count). The van der Waals surface area contributed by atoms with Crippen LogP contribution in [0, 0.1) is 5.82 Å². The Balaban J connectivity index is 1.68. The van der Waals surface area contributed by atoms with Crippen molar-refractivity contribution in [2.24, 2.45) is 0 Å². The predicted octanol–water partition coefficient (Wildman–Crippen LogP) is 1.89. The number of hydrogen-bond donors (Lipinski definition) is 4. The van der Waals surface area contributed by atoms with Crippen molar-refractivity contribution in [1.29, 1.82) is 0 Å². The number of nitrogens with one attached hydrogen (secondary N) is 4. The lowest BCUT2D eigenvalue weighted by molar-refractivity contribution is 0.193. The van der Waals surface area contributed by atoms with Crippen molar-refractivity contribution in [1.82, 2.24) is 21.3 Å². The Morgan fingerprint density at radius 2 is 1.57 bits per heavy atom. The van der Waals surface area contributed by atoms with Crippen molar-refractivity contribution < 1.29 is 4.39 Å². The van der Waals surface area contributed by atoms with Crippen LogP contribution in [-0.2, 0) is 0 Å². The third kappa shape index (κ3) is 5.78. The molecule has 1 aromatic carbocycles. The van der Waals surface area contributed by atoms with Crippen LogP contribution in [-0.4, -0.2) is 28.3 Å². The van der Waals surface area contributed by atoms with Gasteiger partial charge in [0.2, 0.25) is 0 Å². The van der Waals surface area contributed by atoms with Crippen LogP contribution in [0.3, 0.4) is 0 Å². The highest BCUT2D eigenvalue weighted by Crippen LogP contribution is 2.07. The van der Waals surface area contributed by atoms with Gasteiger partial charge in [-0.3, -0.25) is 16.3 Å². The van der Waals surface area contributed by atoms with E-state index in [0.717, 1.165) is 13.1 Å². The quantitative estimate of drug-likeness (QED) is 0.489. The van der Waals surface area contributed by atoms with Crippen molar-refractivity contribution in [3.05, 3.63) is 30.1 Å². The zero-order valence-electron chi connectivity index (χ0n) is 11.5. The van der Waals surface area contributed by atoms with Crippen LogP contribution in [0.15, 0.2) is 24.3 Å². The van der Waals surface area contributed by atoms with E-state index in [0.29, 0.717) is 15.9 Å². The summed E-state index contributed by atoms with van der Waals surface area (Å²) >= 11 is 10.3. The molecule has 1 heterocycles. The van der Waals surface area contributed by atoms with Crippen LogP contribution in [0.25, 0.3) is 0 Å². The Morgan fingerprint density at radius 3 is 2.24 bits per heavy atom. The smallest absolute Gasteiger partial charge is 0.199 e. The SMILES string of the molecule is Fc1ccc(NC(=S)NNC(=S)NN2CCCCC2)cc1. The van der Waals surface area contributed by atoms with Crippen molar-refractivity contribution in [2.75, 3.05) is 18.4 Å². The van der Waals surface area contributed by atoms with E-state index in [9.17, 15) is 4.39 Å². The first-order chi connectivity index (χ1) is 10.1. The maximum atomic E-state index is 12.8. The molecule has 0 atom stereocenters. The Labute approximate surface area is 134 Å². The molecule has 114 valence electrons. The van der Waals surface area contributed by atoms with Gasteiger partial charge in [0.05, 0.1) is 0 Å². The van der Waals surface area contributed by atoms with Gasteiger partial charge in [-0.25, -0.2) is 9.40 Å². The van der Waals surface area contributed by atoms with Crippen LogP contribution in [0.5, 0.6) is 0 Å². The fourth-order valence-electron chi connectivity index (χ4n) is 1.99. The van der Waals surface area contributed by atoms with E-state index in [1.807, 2.05) is 0 Å². The van der Waals surface area contributed by atoms with Gasteiger partial charge in [-0.2, -0.15) is 0 Å². The molecule has 8 heteroatoms. The molecule has 21 heavy (non-hydrogen) atoms. The summed E-state index contributed by atoms with van der Waals surface area (Å²) in [7, 11) is 0. The van der Waals surface area contributed by atoms with Gasteiger partial charge >= 0.3 is 0 Å². The summed E-state index contributed by atoms with van der Waals surface area (Å²) in [6.07, 6.45) is 3.61. The number of anilines is 1. The fourth-order valence-corrected chi connectivity index (χ4v) is 2.34. The van der Waals surface area contributed by atoms with Crippen molar-refractivity contribution in [2.45, 2.75) is 19.3 Å². The average Bonchev–Trinajstić information content (AvgIpc) is 2.49. The van der Waals surface area contributed by atoms with E-state index in [4.69, 9.17) is 24.4 Å². The lowest BCUT2D eigenvalue weighted by Gasteiger charge is -2.28. The molecule has 1 aliphatic heterocycles. The summed E-state index contributed by atoms with van der Waals surface area (Å²) in [6, 6.07) is 5.93. The van der Waals surface area contributed by atoms with Crippen molar-refractivity contribution in [3.63, 3.8) is 0 Å². The summed E-state index contributed by atoms with van der Waals surface area (Å²) in [5.41, 5.74) is 9.39. The van der Waals surface area contributed by atoms with E-state index >= 15 is 0 Å². The topological polar surface area (TPSA) is 51.4 Å². The molecule has 0 bridgehead atoms. The lowest BCUT2D eigenvalue weighted by Crippen LogP contribution is -2.54. The minimum Gasteiger partial charge on any atom is -0.331 e. The molecule has 1 aromatic rings. The maximum Gasteiger partial charge on any atom is 0.199 e. The third-order valence-corrected chi connectivity index (χ3v) is 3.40. The molecule has 0 unspecified atom stereocenters. The van der Waals surface area contributed by atoms with E-state index in [1.165, 1.54) is 31.4 Å². The Kier molecular flexibility index (Phi) is 6.09. The van der Waals surface area contributed by atoms with Gasteiger partial charge in [0.25, 0.3) is 0 Å². The highest BCUT2D eigenvalue weighted by molar-refractivity contribution is 7.80. The van der Waals surface area contributed by atoms with Gasteiger partial charge in [-0.15, -0.1) is 0 Å². The fraction of sp³-hybridized carbons (Fsp3) is 0.385. The van der Waals surface area contributed by atoms with Crippen LogP contribution in [0.4, 0.5) is 10.1 Å². The van der Waals surface area contributed by atoms with Crippen LogP contribution in [0.2, 0.25) is 0 Å². The second kappa shape index (κ2) is 8.06. The number of rotatable bonds is 2. The van der Waals surface area contributed by atoms with Gasteiger partial charge in [-0.05, 0) is 61.5 Å². The van der Waals surface area contributed by atoms with Gasteiger partial charge in [0.1, 0.15) is 5.82 Å². The summed E-state index contributed by atoms with van der Waals surface area (Å²) in [6.45, 7) is 1.97. The van der Waals surface area contributed by atoms with Crippen LogP contribution >= 0.6 is 24.4 Å². The first kappa shape index (κ1) is 15.9. The molecule has 1 saturated heterocycles. The molecule has 0 spiro atoms. The number of benzene rings is 1. The van der Waals surface area contributed by atoms with Gasteiger partial charge in [0, 0.05) is 18.8 Å². The molecule has 0 radical (unpaired) electrons. The highest BCUT2D eigenvalue weighted by atomic mass is 32.1. The molecule has 0 aliphatic carbocycles. The number of piperidine rings is 1. The molecule has 0 aromatic heterocycles. The third-order valence-electron chi connectivity index (χ3n) is 3.01.